The summed E-state index contributed by atoms with van der Waals surface area (Å²) in [4.78, 5) is 25.5. The highest BCUT2D eigenvalue weighted by atomic mass is 35.5. The number of nitrogens with zero attached hydrogens (tertiary/aromatic N) is 1. The Kier molecular flexibility index (Phi) is 8.81. The van der Waals surface area contributed by atoms with Gasteiger partial charge in [-0.05, 0) is 31.9 Å². The quantitative estimate of drug-likeness (QED) is 0.349. The second kappa shape index (κ2) is 11.1. The number of ether oxygens (including phenoxy) is 2. The van der Waals surface area contributed by atoms with Crippen LogP contribution in [0.25, 0.3) is 0 Å². The summed E-state index contributed by atoms with van der Waals surface area (Å²) in [7, 11) is 3.10. The van der Waals surface area contributed by atoms with Gasteiger partial charge in [-0.3, -0.25) is 4.79 Å². The fourth-order valence-corrected chi connectivity index (χ4v) is 3.57. The second-order valence-electron chi connectivity index (χ2n) is 6.96. The number of unbranched alkanes of at least 4 members (excludes halogenated alkanes) is 1. The van der Waals surface area contributed by atoms with Gasteiger partial charge >= 0.3 is 6.09 Å². The van der Waals surface area contributed by atoms with Crippen molar-refractivity contribution in [3.63, 3.8) is 0 Å². The maximum Gasteiger partial charge on any atom is 0.404 e. The number of nitrogens with one attached hydrogen (secondary N) is 2. The lowest BCUT2D eigenvalue weighted by Crippen LogP contribution is -2.54. The molecule has 29 heavy (non-hydrogen) atoms. The summed E-state index contributed by atoms with van der Waals surface area (Å²) < 4.78 is 10.9. The molecule has 2 amide bonds. The van der Waals surface area contributed by atoms with Crippen molar-refractivity contribution < 1.29 is 24.2 Å². The minimum Gasteiger partial charge on any atom is -0.496 e. The molecular weight excluding hydrogens is 400 g/mol. The number of carbonyl (C=O) groups excluding carboxylic acids is 1. The Bertz CT molecular complexity index is 718. The predicted molar refractivity (Wildman–Crippen MR) is 111 cm³/mol. The number of anilines is 1. The number of carbonyl (C=O) groups is 2. The highest BCUT2D eigenvalue weighted by Crippen LogP contribution is 2.29. The minimum atomic E-state index is -1.000. The van der Waals surface area contributed by atoms with Gasteiger partial charge in [0.1, 0.15) is 5.75 Å². The van der Waals surface area contributed by atoms with Crippen LogP contribution in [0.3, 0.4) is 0 Å². The number of nitrogens with two attached hydrogens (primary N) is 1. The number of benzene rings is 1. The molecule has 1 aliphatic heterocycles. The van der Waals surface area contributed by atoms with E-state index in [-0.39, 0.29) is 18.1 Å². The molecule has 1 aliphatic rings. The Morgan fingerprint density at radius 3 is 2.76 bits per heavy atom. The first kappa shape index (κ1) is 23.1. The van der Waals surface area contributed by atoms with Crippen LogP contribution in [0.2, 0.25) is 5.02 Å². The van der Waals surface area contributed by atoms with Gasteiger partial charge in [0.15, 0.2) is 0 Å². The summed E-state index contributed by atoms with van der Waals surface area (Å²) in [5, 5.41) is 14.3. The van der Waals surface area contributed by atoms with E-state index in [9.17, 15) is 9.59 Å². The number of piperidine rings is 1. The van der Waals surface area contributed by atoms with Crippen LogP contribution in [0.5, 0.6) is 5.75 Å². The van der Waals surface area contributed by atoms with Crippen LogP contribution in [-0.2, 0) is 4.74 Å². The molecule has 2 unspecified atom stereocenters. The predicted octanol–water partition coefficient (Wildman–Crippen LogP) is 1.80. The number of carboxylic acid groups (broad SMARTS) is 1. The molecule has 0 bridgehead atoms. The molecule has 0 saturated carbocycles. The lowest BCUT2D eigenvalue weighted by molar-refractivity contribution is 0.00601. The Labute approximate surface area is 175 Å². The van der Waals surface area contributed by atoms with Crippen molar-refractivity contribution in [2.45, 2.75) is 31.4 Å². The van der Waals surface area contributed by atoms with Gasteiger partial charge in [0, 0.05) is 32.8 Å². The summed E-state index contributed by atoms with van der Waals surface area (Å²) in [6, 6.07) is 2.90. The van der Waals surface area contributed by atoms with Crippen LogP contribution < -0.4 is 21.1 Å². The fraction of sp³-hybridized carbons (Fsp3) is 0.579. The van der Waals surface area contributed by atoms with E-state index in [1.54, 1.807) is 7.11 Å². The zero-order valence-corrected chi connectivity index (χ0v) is 17.5. The lowest BCUT2D eigenvalue weighted by atomic mass is 10.0. The first-order valence-corrected chi connectivity index (χ1v) is 9.89. The van der Waals surface area contributed by atoms with Gasteiger partial charge in [0.25, 0.3) is 5.91 Å². The highest BCUT2D eigenvalue weighted by Gasteiger charge is 2.31. The summed E-state index contributed by atoms with van der Waals surface area (Å²) >= 11 is 6.06. The van der Waals surface area contributed by atoms with Crippen LogP contribution in [-0.4, -0.2) is 74.6 Å². The first-order chi connectivity index (χ1) is 13.8. The Hall–Kier alpha value is -2.23. The Morgan fingerprint density at radius 1 is 1.34 bits per heavy atom. The fourth-order valence-electron chi connectivity index (χ4n) is 3.40. The third-order valence-electron chi connectivity index (χ3n) is 5.00. The van der Waals surface area contributed by atoms with Crippen LogP contribution >= 0.6 is 11.6 Å². The molecular formula is C19H29ClN4O5. The number of hydrogen-bond acceptors (Lipinski definition) is 6. The molecule has 1 aromatic rings. The van der Waals surface area contributed by atoms with Gasteiger partial charge < -0.3 is 35.8 Å². The van der Waals surface area contributed by atoms with Crippen LogP contribution in [0.1, 0.15) is 29.6 Å². The largest absolute Gasteiger partial charge is 0.496 e. The number of likely N-dealkylation sites (tertiary alicyclic amines) is 1. The molecule has 1 heterocycles. The molecule has 1 aromatic carbocycles. The molecule has 5 N–H and O–H groups in total. The van der Waals surface area contributed by atoms with Crippen molar-refractivity contribution in [1.29, 1.82) is 0 Å². The van der Waals surface area contributed by atoms with Crippen LogP contribution in [0.15, 0.2) is 12.1 Å². The number of hydrogen-bond donors (Lipinski definition) is 4. The number of rotatable bonds is 9. The zero-order chi connectivity index (χ0) is 21.4. The molecule has 0 aliphatic carbocycles. The van der Waals surface area contributed by atoms with Crippen molar-refractivity contribution >= 4 is 29.3 Å². The SMILES string of the molecule is COc1cc(N)c(Cl)cc1C(=O)NC1CCN(CCCCNC(=O)O)CC1OC. The van der Waals surface area contributed by atoms with E-state index >= 15 is 0 Å². The van der Waals surface area contributed by atoms with Crippen molar-refractivity contribution in [1.82, 2.24) is 15.5 Å². The van der Waals surface area contributed by atoms with Gasteiger partial charge in [-0.15, -0.1) is 0 Å². The number of amides is 2. The molecule has 1 fully saturated rings. The van der Waals surface area contributed by atoms with Crippen LogP contribution in [0.4, 0.5) is 10.5 Å². The summed E-state index contributed by atoms with van der Waals surface area (Å²) in [5.74, 6) is 0.0785. The maximum atomic E-state index is 12.8. The average Bonchev–Trinajstić information content (AvgIpc) is 2.69. The van der Waals surface area contributed by atoms with Crippen molar-refractivity contribution in [3.05, 3.63) is 22.7 Å². The van der Waals surface area contributed by atoms with Crippen molar-refractivity contribution in [2.24, 2.45) is 0 Å². The van der Waals surface area contributed by atoms with E-state index in [1.165, 1.54) is 19.2 Å². The molecule has 2 atom stereocenters. The monoisotopic (exact) mass is 428 g/mol. The van der Waals surface area contributed by atoms with Crippen molar-refractivity contribution in [3.8, 4) is 5.75 Å². The third-order valence-corrected chi connectivity index (χ3v) is 5.33. The van der Waals surface area contributed by atoms with E-state index in [4.69, 9.17) is 31.9 Å². The molecule has 162 valence electrons. The summed E-state index contributed by atoms with van der Waals surface area (Å²) in [5.41, 5.74) is 6.46. The van der Waals surface area contributed by atoms with Gasteiger partial charge in [-0.1, -0.05) is 11.6 Å². The van der Waals surface area contributed by atoms with E-state index < -0.39 is 6.09 Å². The normalized spacial score (nSPS) is 19.6. The van der Waals surface area contributed by atoms with Gasteiger partial charge in [-0.25, -0.2) is 4.79 Å². The standard InChI is InChI=1S/C19H29ClN4O5/c1-28-16-10-14(21)13(20)9-12(16)18(25)23-15-5-8-24(11-17(15)29-2)7-4-3-6-22-19(26)27/h9-10,15,17,22H,3-8,11,21H2,1-2H3,(H,23,25)(H,26,27). The molecule has 0 spiro atoms. The first-order valence-electron chi connectivity index (χ1n) is 9.51. The number of methoxy groups -OCH3 is 2. The topological polar surface area (TPSA) is 126 Å². The summed E-state index contributed by atoms with van der Waals surface area (Å²) in [6.45, 7) is 2.80. The summed E-state index contributed by atoms with van der Waals surface area (Å²) in [6.07, 6.45) is 1.25. The maximum absolute atomic E-state index is 12.8. The van der Waals surface area contributed by atoms with E-state index in [2.05, 4.69) is 15.5 Å². The van der Waals surface area contributed by atoms with Gasteiger partial charge in [0.2, 0.25) is 0 Å². The Morgan fingerprint density at radius 2 is 2.10 bits per heavy atom. The molecule has 0 radical (unpaired) electrons. The van der Waals surface area contributed by atoms with E-state index in [0.29, 0.717) is 35.1 Å². The Balaban J connectivity index is 1.90. The molecule has 0 aromatic heterocycles. The van der Waals surface area contributed by atoms with Gasteiger partial charge in [-0.2, -0.15) is 0 Å². The second-order valence-corrected chi connectivity index (χ2v) is 7.36. The van der Waals surface area contributed by atoms with E-state index in [1.807, 2.05) is 0 Å². The molecule has 2 rings (SSSR count). The zero-order valence-electron chi connectivity index (χ0n) is 16.7. The number of nitrogen functional groups attached to an aromatic ring is 1. The van der Waals surface area contributed by atoms with Gasteiger partial charge in [0.05, 0.1) is 35.5 Å². The van der Waals surface area contributed by atoms with E-state index in [0.717, 1.165) is 32.4 Å². The average molecular weight is 429 g/mol. The third kappa shape index (κ3) is 6.66. The minimum absolute atomic E-state index is 0.140. The molecule has 1 saturated heterocycles. The van der Waals surface area contributed by atoms with Crippen LogP contribution in [0, 0.1) is 0 Å². The highest BCUT2D eigenvalue weighted by molar-refractivity contribution is 6.33. The smallest absolute Gasteiger partial charge is 0.404 e. The van der Waals surface area contributed by atoms with Crippen molar-refractivity contribution in [2.75, 3.05) is 46.1 Å². The molecule has 9 nitrogen and oxygen atoms in total. The lowest BCUT2D eigenvalue weighted by Gasteiger charge is -2.38. The molecule has 10 heteroatoms. The number of halogens is 1.